The lowest BCUT2D eigenvalue weighted by Crippen LogP contribution is -2.21. The van der Waals surface area contributed by atoms with Crippen molar-refractivity contribution < 1.29 is 23.8 Å². The minimum atomic E-state index is -0.859. The molecule has 7 heteroatoms. The molecule has 2 aromatic carbocycles. The van der Waals surface area contributed by atoms with Gasteiger partial charge in [0, 0.05) is 11.8 Å². The van der Waals surface area contributed by atoms with Gasteiger partial charge in [-0.05, 0) is 35.3 Å². The zero-order valence-electron chi connectivity index (χ0n) is 16.8. The fourth-order valence-electron chi connectivity index (χ4n) is 2.81. The lowest BCUT2D eigenvalue weighted by Gasteiger charge is -2.19. The third-order valence-corrected chi connectivity index (χ3v) is 4.41. The van der Waals surface area contributed by atoms with Crippen molar-refractivity contribution in [2.45, 2.75) is 19.8 Å². The highest BCUT2D eigenvalue weighted by Crippen LogP contribution is 2.32. The largest absolute Gasteiger partial charge is 0.486 e. The van der Waals surface area contributed by atoms with Gasteiger partial charge in [-0.1, -0.05) is 38.1 Å². The number of hydrogen-bond donors (Lipinski definition) is 1. The van der Waals surface area contributed by atoms with Gasteiger partial charge in [0.25, 0.3) is 5.91 Å². The molecule has 0 unspecified atom stereocenters. The molecular formula is C23H22N2O5. The second-order valence-electron chi connectivity index (χ2n) is 6.97. The number of carbonyl (C=O) groups is 2. The highest BCUT2D eigenvalue weighted by molar-refractivity contribution is 6.00. The Balaban J connectivity index is 1.56. The van der Waals surface area contributed by atoms with Crippen LogP contribution in [0.15, 0.2) is 48.0 Å². The monoisotopic (exact) mass is 406 g/mol. The summed E-state index contributed by atoms with van der Waals surface area (Å²) in [7, 11) is 0. The fraction of sp³-hybridized carbons (Fsp3) is 0.261. The van der Waals surface area contributed by atoms with Crippen LogP contribution in [0.2, 0.25) is 0 Å². The van der Waals surface area contributed by atoms with Crippen LogP contribution in [-0.2, 0) is 14.3 Å². The van der Waals surface area contributed by atoms with E-state index in [-0.39, 0.29) is 5.57 Å². The Labute approximate surface area is 174 Å². The average molecular weight is 406 g/mol. The van der Waals surface area contributed by atoms with E-state index in [0.29, 0.717) is 41.9 Å². The van der Waals surface area contributed by atoms with Crippen molar-refractivity contribution in [3.05, 3.63) is 59.2 Å². The standard InChI is InChI=1S/C23H22N2O5/c1-15(2)17-5-3-16(4-6-17)11-18(13-24)23(27)30-14-22(26)25-19-7-8-20-21(12-19)29-10-9-28-20/h3-8,11-12,15H,9-10,14H2,1-2H3,(H,25,26)/b18-11+. The average Bonchev–Trinajstić information content (AvgIpc) is 2.76. The number of ether oxygens (including phenoxy) is 3. The Morgan fingerprint density at radius 3 is 2.50 bits per heavy atom. The first kappa shape index (κ1) is 20.9. The Morgan fingerprint density at radius 2 is 1.83 bits per heavy atom. The Bertz CT molecular complexity index is 1000. The van der Waals surface area contributed by atoms with E-state index in [2.05, 4.69) is 19.2 Å². The number of esters is 1. The third kappa shape index (κ3) is 5.39. The molecule has 0 saturated heterocycles. The summed E-state index contributed by atoms with van der Waals surface area (Å²) in [5.74, 6) is 0.141. The Morgan fingerprint density at radius 1 is 1.13 bits per heavy atom. The minimum absolute atomic E-state index is 0.181. The fourth-order valence-corrected chi connectivity index (χ4v) is 2.81. The van der Waals surface area contributed by atoms with Crippen LogP contribution in [0.3, 0.4) is 0 Å². The summed E-state index contributed by atoms with van der Waals surface area (Å²) in [5.41, 5.74) is 2.17. The van der Waals surface area contributed by atoms with E-state index in [1.807, 2.05) is 30.3 Å². The summed E-state index contributed by atoms with van der Waals surface area (Å²) < 4.78 is 15.9. The zero-order valence-corrected chi connectivity index (χ0v) is 16.8. The van der Waals surface area contributed by atoms with Gasteiger partial charge in [0.2, 0.25) is 0 Å². The number of anilines is 1. The van der Waals surface area contributed by atoms with E-state index in [1.165, 1.54) is 6.08 Å². The number of amides is 1. The topological polar surface area (TPSA) is 97.7 Å². The number of nitrogens with zero attached hydrogens (tertiary/aromatic N) is 1. The summed E-state index contributed by atoms with van der Waals surface area (Å²) in [5, 5.41) is 11.9. The first-order valence-corrected chi connectivity index (χ1v) is 9.54. The number of fused-ring (bicyclic) bond motifs is 1. The maximum absolute atomic E-state index is 12.2. The molecule has 0 aliphatic carbocycles. The molecule has 30 heavy (non-hydrogen) atoms. The van der Waals surface area contributed by atoms with Crippen molar-refractivity contribution in [2.75, 3.05) is 25.1 Å². The van der Waals surface area contributed by atoms with Crippen molar-refractivity contribution in [1.82, 2.24) is 0 Å². The number of rotatable bonds is 6. The molecule has 0 radical (unpaired) electrons. The van der Waals surface area contributed by atoms with Gasteiger partial charge in [-0.25, -0.2) is 4.79 Å². The lowest BCUT2D eigenvalue weighted by atomic mass is 10.0. The molecule has 0 spiro atoms. The molecule has 3 rings (SSSR count). The van der Waals surface area contributed by atoms with E-state index in [0.717, 1.165) is 5.56 Å². The van der Waals surface area contributed by atoms with Crippen LogP contribution in [0, 0.1) is 11.3 Å². The maximum Gasteiger partial charge on any atom is 0.349 e. The lowest BCUT2D eigenvalue weighted by molar-refractivity contribution is -0.142. The quantitative estimate of drug-likeness (QED) is 0.447. The third-order valence-electron chi connectivity index (χ3n) is 4.41. The Kier molecular flexibility index (Phi) is 6.71. The normalized spacial score (nSPS) is 12.8. The molecule has 1 aliphatic rings. The van der Waals surface area contributed by atoms with Crippen LogP contribution in [0.4, 0.5) is 5.69 Å². The van der Waals surface area contributed by atoms with Crippen LogP contribution in [0.1, 0.15) is 30.9 Å². The van der Waals surface area contributed by atoms with E-state index in [9.17, 15) is 14.9 Å². The number of benzene rings is 2. The molecule has 0 bridgehead atoms. The number of carbonyl (C=O) groups excluding carboxylic acids is 2. The van der Waals surface area contributed by atoms with E-state index < -0.39 is 18.5 Å². The molecule has 1 heterocycles. The van der Waals surface area contributed by atoms with Crippen molar-refractivity contribution in [3.63, 3.8) is 0 Å². The molecule has 0 fully saturated rings. The molecule has 1 N–H and O–H groups in total. The molecule has 1 amide bonds. The second kappa shape index (κ2) is 9.61. The van der Waals surface area contributed by atoms with Gasteiger partial charge in [-0.2, -0.15) is 5.26 Å². The molecule has 1 aliphatic heterocycles. The van der Waals surface area contributed by atoms with Crippen LogP contribution in [0.5, 0.6) is 11.5 Å². The van der Waals surface area contributed by atoms with Gasteiger partial charge < -0.3 is 19.5 Å². The molecule has 0 saturated carbocycles. The van der Waals surface area contributed by atoms with Crippen LogP contribution >= 0.6 is 0 Å². The minimum Gasteiger partial charge on any atom is -0.486 e. The molecule has 0 aromatic heterocycles. The van der Waals surface area contributed by atoms with Gasteiger partial charge in [0.05, 0.1) is 0 Å². The smallest absolute Gasteiger partial charge is 0.349 e. The predicted molar refractivity (Wildman–Crippen MR) is 111 cm³/mol. The molecule has 7 nitrogen and oxygen atoms in total. The molecule has 0 atom stereocenters. The second-order valence-corrected chi connectivity index (χ2v) is 6.97. The highest BCUT2D eigenvalue weighted by atomic mass is 16.6. The van der Waals surface area contributed by atoms with Gasteiger partial charge in [-0.3, -0.25) is 4.79 Å². The molecule has 2 aromatic rings. The molecule has 154 valence electrons. The van der Waals surface area contributed by atoms with Crippen molar-refractivity contribution in [3.8, 4) is 17.6 Å². The summed E-state index contributed by atoms with van der Waals surface area (Å²) >= 11 is 0. The van der Waals surface area contributed by atoms with E-state index in [4.69, 9.17) is 14.2 Å². The van der Waals surface area contributed by atoms with Gasteiger partial charge in [-0.15, -0.1) is 0 Å². The van der Waals surface area contributed by atoms with Gasteiger partial charge in [0.1, 0.15) is 24.9 Å². The van der Waals surface area contributed by atoms with Gasteiger partial charge >= 0.3 is 5.97 Å². The summed E-state index contributed by atoms with van der Waals surface area (Å²) in [6, 6.07) is 14.3. The first-order valence-electron chi connectivity index (χ1n) is 9.54. The zero-order chi connectivity index (χ0) is 21.5. The van der Waals surface area contributed by atoms with Crippen LogP contribution in [0.25, 0.3) is 6.08 Å². The highest BCUT2D eigenvalue weighted by Gasteiger charge is 2.15. The summed E-state index contributed by atoms with van der Waals surface area (Å²) in [6.07, 6.45) is 1.44. The van der Waals surface area contributed by atoms with Crippen molar-refractivity contribution >= 4 is 23.6 Å². The Hall–Kier alpha value is -3.79. The predicted octanol–water partition coefficient (Wildman–Crippen LogP) is 3.67. The maximum atomic E-state index is 12.2. The van der Waals surface area contributed by atoms with Crippen LogP contribution in [-0.4, -0.2) is 31.7 Å². The first-order chi connectivity index (χ1) is 14.5. The van der Waals surface area contributed by atoms with E-state index in [1.54, 1.807) is 18.2 Å². The number of nitriles is 1. The van der Waals surface area contributed by atoms with Crippen molar-refractivity contribution in [2.24, 2.45) is 0 Å². The van der Waals surface area contributed by atoms with Gasteiger partial charge in [0.15, 0.2) is 18.1 Å². The SMILES string of the molecule is CC(C)c1ccc(/C=C(\C#N)C(=O)OCC(=O)Nc2ccc3c(c2)OCCO3)cc1. The molecular weight excluding hydrogens is 384 g/mol. The van der Waals surface area contributed by atoms with Crippen molar-refractivity contribution in [1.29, 1.82) is 5.26 Å². The summed E-state index contributed by atoms with van der Waals surface area (Å²) in [4.78, 5) is 24.3. The van der Waals surface area contributed by atoms with E-state index >= 15 is 0 Å². The number of nitrogens with one attached hydrogen (secondary N) is 1. The summed E-state index contributed by atoms with van der Waals surface area (Å²) in [6.45, 7) is 4.56. The van der Waals surface area contributed by atoms with Crippen LogP contribution < -0.4 is 14.8 Å². The number of hydrogen-bond acceptors (Lipinski definition) is 6.